The van der Waals surface area contributed by atoms with Crippen LogP contribution in [0.4, 0.5) is 5.69 Å². The number of carbonyl (C=O) groups is 2. The lowest BCUT2D eigenvalue weighted by Gasteiger charge is -2.11. The van der Waals surface area contributed by atoms with Gasteiger partial charge in [0.15, 0.2) is 0 Å². The lowest BCUT2D eigenvalue weighted by Crippen LogP contribution is -2.18. The van der Waals surface area contributed by atoms with E-state index < -0.39 is 21.8 Å². The fourth-order valence-electron chi connectivity index (χ4n) is 2.64. The topological polar surface area (TPSA) is 118 Å². The van der Waals surface area contributed by atoms with Gasteiger partial charge < -0.3 is 10.6 Å². The maximum Gasteiger partial charge on any atom is 0.252 e. The van der Waals surface area contributed by atoms with Crippen molar-refractivity contribution in [2.45, 2.75) is 17.9 Å². The van der Waals surface area contributed by atoms with Crippen molar-refractivity contribution in [3.05, 3.63) is 58.1 Å². The smallest absolute Gasteiger partial charge is 0.252 e. The molecular weight excluding hydrogens is 366 g/mol. The van der Waals surface area contributed by atoms with E-state index in [2.05, 4.69) is 10.6 Å². The number of primary sulfonamides is 1. The predicted molar refractivity (Wildman–Crippen MR) is 92.8 cm³/mol. The minimum Gasteiger partial charge on any atom is -0.348 e. The molecule has 0 atom stereocenters. The van der Waals surface area contributed by atoms with Crippen LogP contribution in [0, 0.1) is 0 Å². The highest BCUT2D eigenvalue weighted by molar-refractivity contribution is 7.89. The molecule has 1 aliphatic rings. The van der Waals surface area contributed by atoms with E-state index in [0.29, 0.717) is 16.1 Å². The van der Waals surface area contributed by atoms with Gasteiger partial charge in [-0.15, -0.1) is 0 Å². The Labute approximate surface area is 149 Å². The molecule has 1 heterocycles. The van der Waals surface area contributed by atoms with Gasteiger partial charge in [0, 0.05) is 28.4 Å². The van der Waals surface area contributed by atoms with E-state index in [9.17, 15) is 18.0 Å². The van der Waals surface area contributed by atoms with Crippen LogP contribution in [0.2, 0.25) is 5.02 Å². The zero-order chi connectivity index (χ0) is 18.2. The van der Waals surface area contributed by atoms with Crippen LogP contribution in [-0.2, 0) is 27.8 Å². The largest absolute Gasteiger partial charge is 0.348 e. The maximum absolute atomic E-state index is 12.2. The Morgan fingerprint density at radius 2 is 2.00 bits per heavy atom. The molecule has 2 amide bonds. The predicted octanol–water partition coefficient (Wildman–Crippen LogP) is 1.41. The number of hydrogen-bond donors (Lipinski definition) is 3. The van der Waals surface area contributed by atoms with Crippen molar-refractivity contribution in [1.82, 2.24) is 5.32 Å². The minimum absolute atomic E-state index is 0.00760. The van der Waals surface area contributed by atoms with Crippen LogP contribution in [0.15, 0.2) is 41.3 Å². The first-order valence-corrected chi connectivity index (χ1v) is 9.19. The number of anilines is 1. The fourth-order valence-corrected chi connectivity index (χ4v) is 3.66. The molecule has 0 saturated heterocycles. The third-order valence-corrected chi connectivity index (χ3v) is 5.12. The van der Waals surface area contributed by atoms with Crippen LogP contribution in [0.25, 0.3) is 0 Å². The SMILES string of the molecule is NS(=O)(=O)c1cc(NC(=O)Cc2ccccc2Cl)cc2c1CNC2=O. The number of sulfonamides is 1. The Bertz CT molecular complexity index is 989. The number of amides is 2. The summed E-state index contributed by atoms with van der Waals surface area (Å²) in [6.45, 7) is 0.0772. The quantitative estimate of drug-likeness (QED) is 0.744. The van der Waals surface area contributed by atoms with Crippen LogP contribution in [0.1, 0.15) is 21.5 Å². The van der Waals surface area contributed by atoms with Crippen molar-refractivity contribution in [1.29, 1.82) is 0 Å². The second-order valence-electron chi connectivity index (χ2n) is 5.54. The van der Waals surface area contributed by atoms with E-state index in [1.54, 1.807) is 24.3 Å². The highest BCUT2D eigenvalue weighted by atomic mass is 35.5. The molecule has 2 aromatic carbocycles. The Kier molecular flexibility index (Phi) is 4.51. The molecule has 1 aliphatic heterocycles. The van der Waals surface area contributed by atoms with Gasteiger partial charge in [-0.2, -0.15) is 0 Å². The minimum atomic E-state index is -4.04. The Morgan fingerprint density at radius 3 is 2.68 bits per heavy atom. The zero-order valence-corrected chi connectivity index (χ0v) is 14.4. The molecule has 7 nitrogen and oxygen atoms in total. The highest BCUT2D eigenvalue weighted by Crippen LogP contribution is 2.28. The first-order chi connectivity index (χ1) is 11.8. The number of nitrogens with one attached hydrogen (secondary N) is 2. The number of carbonyl (C=O) groups excluding carboxylic acids is 2. The number of hydrogen-bond acceptors (Lipinski definition) is 4. The van der Waals surface area contributed by atoms with Crippen LogP contribution in [0.5, 0.6) is 0 Å². The lowest BCUT2D eigenvalue weighted by molar-refractivity contribution is -0.115. The molecular formula is C16H14ClN3O4S. The van der Waals surface area contributed by atoms with Crippen molar-refractivity contribution in [2.24, 2.45) is 5.14 Å². The molecule has 4 N–H and O–H groups in total. The molecule has 0 unspecified atom stereocenters. The maximum atomic E-state index is 12.2. The second kappa shape index (κ2) is 6.47. The van der Waals surface area contributed by atoms with E-state index in [-0.39, 0.29) is 29.1 Å². The third-order valence-electron chi connectivity index (χ3n) is 3.78. The molecule has 130 valence electrons. The molecule has 0 spiro atoms. The van der Waals surface area contributed by atoms with Gasteiger partial charge >= 0.3 is 0 Å². The Hall–Kier alpha value is -2.42. The number of fused-ring (bicyclic) bond motifs is 1. The van der Waals surface area contributed by atoms with Gasteiger partial charge in [-0.25, -0.2) is 13.6 Å². The van der Waals surface area contributed by atoms with Crippen molar-refractivity contribution in [3.63, 3.8) is 0 Å². The van der Waals surface area contributed by atoms with Gasteiger partial charge in [0.25, 0.3) is 5.91 Å². The first kappa shape index (κ1) is 17.4. The monoisotopic (exact) mass is 379 g/mol. The van der Waals surface area contributed by atoms with Crippen LogP contribution >= 0.6 is 11.6 Å². The summed E-state index contributed by atoms with van der Waals surface area (Å²) >= 11 is 6.02. The van der Waals surface area contributed by atoms with Crippen molar-refractivity contribution in [2.75, 3.05) is 5.32 Å². The summed E-state index contributed by atoms with van der Waals surface area (Å²) in [5, 5.41) is 10.8. The number of rotatable bonds is 4. The average Bonchev–Trinajstić information content (AvgIpc) is 2.89. The summed E-state index contributed by atoms with van der Waals surface area (Å²) in [7, 11) is -4.04. The molecule has 0 radical (unpaired) electrons. The zero-order valence-electron chi connectivity index (χ0n) is 12.9. The molecule has 0 bridgehead atoms. The highest BCUT2D eigenvalue weighted by Gasteiger charge is 2.27. The third kappa shape index (κ3) is 3.65. The summed E-state index contributed by atoms with van der Waals surface area (Å²) in [6.07, 6.45) is 0.00760. The van der Waals surface area contributed by atoms with Crippen LogP contribution in [-0.4, -0.2) is 20.2 Å². The van der Waals surface area contributed by atoms with Crippen LogP contribution < -0.4 is 15.8 Å². The summed E-state index contributed by atoms with van der Waals surface area (Å²) in [6, 6.07) is 9.57. The standard InChI is InChI=1S/C16H14ClN3O4S/c17-13-4-2-1-3-9(13)5-15(21)20-10-6-11-12(8-19-16(11)22)14(7-10)25(18,23)24/h1-4,6-7H,5,8H2,(H,19,22)(H,20,21)(H2,18,23,24). The van der Waals surface area contributed by atoms with Crippen molar-refractivity contribution < 1.29 is 18.0 Å². The van der Waals surface area contributed by atoms with Gasteiger partial charge in [-0.05, 0) is 23.8 Å². The molecule has 0 aliphatic carbocycles. The fraction of sp³-hybridized carbons (Fsp3) is 0.125. The van der Waals surface area contributed by atoms with Gasteiger partial charge in [0.05, 0.1) is 11.3 Å². The summed E-state index contributed by atoms with van der Waals surface area (Å²) < 4.78 is 23.6. The molecule has 9 heteroatoms. The Morgan fingerprint density at radius 1 is 1.28 bits per heavy atom. The number of halogens is 1. The van der Waals surface area contributed by atoms with Gasteiger partial charge in [-0.3, -0.25) is 9.59 Å². The first-order valence-electron chi connectivity index (χ1n) is 7.27. The molecule has 0 aromatic heterocycles. The molecule has 3 rings (SSSR count). The number of benzene rings is 2. The van der Waals surface area contributed by atoms with E-state index >= 15 is 0 Å². The average molecular weight is 380 g/mol. The van der Waals surface area contributed by atoms with Gasteiger partial charge in [0.1, 0.15) is 0 Å². The normalized spacial score (nSPS) is 13.3. The van der Waals surface area contributed by atoms with Gasteiger partial charge in [-0.1, -0.05) is 29.8 Å². The van der Waals surface area contributed by atoms with E-state index in [0.717, 1.165) is 0 Å². The molecule has 25 heavy (non-hydrogen) atoms. The van der Waals surface area contributed by atoms with E-state index in [1.165, 1.54) is 12.1 Å². The van der Waals surface area contributed by atoms with Crippen molar-refractivity contribution in [3.8, 4) is 0 Å². The molecule has 0 fully saturated rings. The molecule has 0 saturated carbocycles. The van der Waals surface area contributed by atoms with E-state index in [1.807, 2.05) is 0 Å². The lowest BCUT2D eigenvalue weighted by atomic mass is 10.1. The van der Waals surface area contributed by atoms with Gasteiger partial charge in [0.2, 0.25) is 15.9 Å². The number of nitrogens with two attached hydrogens (primary N) is 1. The summed E-state index contributed by atoms with van der Waals surface area (Å²) in [5.41, 5.74) is 1.29. The summed E-state index contributed by atoms with van der Waals surface area (Å²) in [5.74, 6) is -0.811. The van der Waals surface area contributed by atoms with Crippen molar-refractivity contribution >= 4 is 39.1 Å². The molecule has 2 aromatic rings. The van der Waals surface area contributed by atoms with Crippen LogP contribution in [0.3, 0.4) is 0 Å². The Balaban J connectivity index is 1.91. The second-order valence-corrected chi connectivity index (χ2v) is 7.48. The summed E-state index contributed by atoms with van der Waals surface area (Å²) in [4.78, 5) is 23.9. The van der Waals surface area contributed by atoms with E-state index in [4.69, 9.17) is 16.7 Å².